The molecule has 0 saturated heterocycles. The lowest BCUT2D eigenvalue weighted by Crippen LogP contribution is -2.01. The molecule has 0 fully saturated rings. The predicted molar refractivity (Wildman–Crippen MR) is 78.2 cm³/mol. The van der Waals surface area contributed by atoms with Crippen molar-refractivity contribution in [3.63, 3.8) is 0 Å². The van der Waals surface area contributed by atoms with Crippen LogP contribution in [-0.4, -0.2) is 12.9 Å². The lowest BCUT2D eigenvalue weighted by atomic mass is 10.1. The predicted octanol–water partition coefficient (Wildman–Crippen LogP) is 3.06. The van der Waals surface area contributed by atoms with Crippen molar-refractivity contribution < 1.29 is 14.3 Å². The van der Waals surface area contributed by atoms with E-state index in [4.69, 9.17) is 15.2 Å². The normalized spacial score (nSPS) is 10.1. The summed E-state index contributed by atoms with van der Waals surface area (Å²) in [5.41, 5.74) is 7.76. The molecule has 2 aromatic carbocycles. The number of rotatable bonds is 5. The Morgan fingerprint density at radius 1 is 1.15 bits per heavy atom. The van der Waals surface area contributed by atoms with Gasteiger partial charge < -0.3 is 15.2 Å². The Morgan fingerprint density at radius 2 is 1.95 bits per heavy atom. The van der Waals surface area contributed by atoms with E-state index in [1.165, 1.54) is 6.92 Å². The molecule has 0 amide bonds. The zero-order chi connectivity index (χ0) is 14.5. The quantitative estimate of drug-likeness (QED) is 0.670. The monoisotopic (exact) mass is 271 g/mol. The second-order valence-corrected chi connectivity index (χ2v) is 4.45. The van der Waals surface area contributed by atoms with Gasteiger partial charge in [0, 0.05) is 17.3 Å². The first kappa shape index (κ1) is 13.9. The highest BCUT2D eigenvalue weighted by atomic mass is 16.5. The number of carbonyl (C=O) groups is 1. The van der Waals surface area contributed by atoms with Gasteiger partial charge in [-0.05, 0) is 36.8 Å². The highest BCUT2D eigenvalue weighted by molar-refractivity contribution is 5.99. The lowest BCUT2D eigenvalue weighted by molar-refractivity contribution is 0.101. The zero-order valence-electron chi connectivity index (χ0n) is 11.6. The Labute approximate surface area is 118 Å². The molecule has 0 aromatic heterocycles. The van der Waals surface area contributed by atoms with Crippen LogP contribution in [-0.2, 0) is 6.61 Å². The average Bonchev–Trinajstić information content (AvgIpc) is 2.45. The van der Waals surface area contributed by atoms with E-state index < -0.39 is 0 Å². The van der Waals surface area contributed by atoms with Gasteiger partial charge in [-0.1, -0.05) is 12.1 Å². The van der Waals surface area contributed by atoms with Crippen LogP contribution >= 0.6 is 0 Å². The van der Waals surface area contributed by atoms with Crippen LogP contribution in [0.25, 0.3) is 0 Å². The number of anilines is 1. The molecule has 0 heterocycles. The maximum Gasteiger partial charge on any atom is 0.161 e. The third-order valence-corrected chi connectivity index (χ3v) is 2.94. The van der Waals surface area contributed by atoms with Crippen molar-refractivity contribution in [1.82, 2.24) is 0 Å². The van der Waals surface area contributed by atoms with Gasteiger partial charge in [-0.15, -0.1) is 0 Å². The van der Waals surface area contributed by atoms with Crippen LogP contribution in [0.4, 0.5) is 5.69 Å². The van der Waals surface area contributed by atoms with E-state index in [0.717, 1.165) is 11.3 Å². The van der Waals surface area contributed by atoms with E-state index in [2.05, 4.69) is 0 Å². The molecule has 2 aromatic rings. The van der Waals surface area contributed by atoms with Gasteiger partial charge >= 0.3 is 0 Å². The number of hydrogen-bond acceptors (Lipinski definition) is 4. The second kappa shape index (κ2) is 6.10. The van der Waals surface area contributed by atoms with Gasteiger partial charge in [-0.3, -0.25) is 4.79 Å². The average molecular weight is 271 g/mol. The molecule has 2 N–H and O–H groups in total. The smallest absolute Gasteiger partial charge is 0.161 e. The molecule has 0 unspecified atom stereocenters. The van der Waals surface area contributed by atoms with E-state index in [1.807, 2.05) is 24.3 Å². The number of ether oxygens (including phenoxy) is 2. The molecule has 0 bridgehead atoms. The van der Waals surface area contributed by atoms with Gasteiger partial charge in [0.25, 0.3) is 0 Å². The molecule has 0 spiro atoms. The van der Waals surface area contributed by atoms with Crippen molar-refractivity contribution >= 4 is 11.5 Å². The van der Waals surface area contributed by atoms with Gasteiger partial charge in [0.15, 0.2) is 5.78 Å². The molecule has 0 aliphatic carbocycles. The van der Waals surface area contributed by atoms with Crippen LogP contribution in [0.5, 0.6) is 11.5 Å². The summed E-state index contributed by atoms with van der Waals surface area (Å²) in [4.78, 5) is 11.3. The summed E-state index contributed by atoms with van der Waals surface area (Å²) in [5, 5.41) is 0. The Bertz CT molecular complexity index is 623. The lowest BCUT2D eigenvalue weighted by Gasteiger charge is -2.09. The fourth-order valence-corrected chi connectivity index (χ4v) is 1.88. The van der Waals surface area contributed by atoms with Crippen LogP contribution in [0.15, 0.2) is 42.5 Å². The maximum atomic E-state index is 11.3. The van der Waals surface area contributed by atoms with E-state index in [-0.39, 0.29) is 5.78 Å². The minimum atomic E-state index is -0.0538. The van der Waals surface area contributed by atoms with Crippen molar-refractivity contribution in [2.75, 3.05) is 12.8 Å². The third-order valence-electron chi connectivity index (χ3n) is 2.94. The SMILES string of the molecule is COc1cccc(COc2ccc(C(C)=O)c(N)c2)c1. The Balaban J connectivity index is 2.07. The highest BCUT2D eigenvalue weighted by Gasteiger charge is 2.06. The summed E-state index contributed by atoms with van der Waals surface area (Å²) in [7, 11) is 1.63. The van der Waals surface area contributed by atoms with Gasteiger partial charge in [0.2, 0.25) is 0 Å². The molecule has 4 nitrogen and oxygen atoms in total. The summed E-state index contributed by atoms with van der Waals surface area (Å²) >= 11 is 0. The van der Waals surface area contributed by atoms with Crippen LogP contribution in [0.1, 0.15) is 22.8 Å². The van der Waals surface area contributed by atoms with Crippen molar-refractivity contribution in [3.05, 3.63) is 53.6 Å². The van der Waals surface area contributed by atoms with E-state index in [9.17, 15) is 4.79 Å². The summed E-state index contributed by atoms with van der Waals surface area (Å²) in [6, 6.07) is 12.7. The number of hydrogen-bond donors (Lipinski definition) is 1. The first-order valence-electron chi connectivity index (χ1n) is 6.26. The number of nitrogens with two attached hydrogens (primary N) is 1. The molecule has 0 saturated carbocycles. The number of nitrogen functional groups attached to an aromatic ring is 1. The summed E-state index contributed by atoms with van der Waals surface area (Å²) in [5.74, 6) is 1.37. The Morgan fingerprint density at radius 3 is 2.60 bits per heavy atom. The number of carbonyl (C=O) groups excluding carboxylic acids is 1. The molecule has 0 aliphatic rings. The highest BCUT2D eigenvalue weighted by Crippen LogP contribution is 2.22. The minimum Gasteiger partial charge on any atom is -0.497 e. The molecule has 0 atom stereocenters. The third kappa shape index (κ3) is 3.29. The Kier molecular flexibility index (Phi) is 4.25. The summed E-state index contributed by atoms with van der Waals surface area (Å²) in [6.07, 6.45) is 0. The molecule has 104 valence electrons. The molecule has 0 radical (unpaired) electrons. The zero-order valence-corrected chi connectivity index (χ0v) is 11.6. The topological polar surface area (TPSA) is 61.5 Å². The number of methoxy groups -OCH3 is 1. The fraction of sp³-hybridized carbons (Fsp3) is 0.188. The van der Waals surface area contributed by atoms with E-state index in [0.29, 0.717) is 23.6 Å². The van der Waals surface area contributed by atoms with Crippen LogP contribution in [0, 0.1) is 0 Å². The van der Waals surface area contributed by atoms with Gasteiger partial charge in [-0.2, -0.15) is 0 Å². The van der Waals surface area contributed by atoms with Crippen LogP contribution in [0.2, 0.25) is 0 Å². The van der Waals surface area contributed by atoms with Crippen molar-refractivity contribution in [2.45, 2.75) is 13.5 Å². The second-order valence-electron chi connectivity index (χ2n) is 4.45. The van der Waals surface area contributed by atoms with Gasteiger partial charge in [0.1, 0.15) is 18.1 Å². The minimum absolute atomic E-state index is 0.0538. The molecule has 2 rings (SSSR count). The van der Waals surface area contributed by atoms with E-state index in [1.54, 1.807) is 25.3 Å². The number of ketones is 1. The van der Waals surface area contributed by atoms with Crippen molar-refractivity contribution in [1.29, 1.82) is 0 Å². The summed E-state index contributed by atoms with van der Waals surface area (Å²) in [6.45, 7) is 1.90. The van der Waals surface area contributed by atoms with Crippen molar-refractivity contribution in [3.8, 4) is 11.5 Å². The fourth-order valence-electron chi connectivity index (χ4n) is 1.88. The first-order chi connectivity index (χ1) is 9.60. The van der Waals surface area contributed by atoms with Crippen LogP contribution in [0.3, 0.4) is 0 Å². The van der Waals surface area contributed by atoms with E-state index >= 15 is 0 Å². The van der Waals surface area contributed by atoms with Crippen LogP contribution < -0.4 is 15.2 Å². The molecular formula is C16H17NO3. The number of Topliss-reactive ketones (excluding diaryl/α,β-unsaturated/α-hetero) is 1. The van der Waals surface area contributed by atoms with Crippen molar-refractivity contribution in [2.24, 2.45) is 0 Å². The van der Waals surface area contributed by atoms with Gasteiger partial charge in [0.05, 0.1) is 7.11 Å². The molecule has 20 heavy (non-hydrogen) atoms. The molecule has 4 heteroatoms. The molecular weight excluding hydrogens is 254 g/mol. The first-order valence-corrected chi connectivity index (χ1v) is 6.26. The Hall–Kier alpha value is -2.49. The largest absolute Gasteiger partial charge is 0.497 e. The molecule has 0 aliphatic heterocycles. The van der Waals surface area contributed by atoms with Gasteiger partial charge in [-0.25, -0.2) is 0 Å². The maximum absolute atomic E-state index is 11.3. The standard InChI is InChI=1S/C16H17NO3/c1-11(18)15-7-6-14(9-16(15)17)20-10-12-4-3-5-13(8-12)19-2/h3-9H,10,17H2,1-2H3. The number of benzene rings is 2. The summed E-state index contributed by atoms with van der Waals surface area (Å²) < 4.78 is 10.8.